The second-order valence-electron chi connectivity index (χ2n) is 3.49. The van der Waals surface area contributed by atoms with E-state index in [4.69, 9.17) is 9.47 Å². The summed E-state index contributed by atoms with van der Waals surface area (Å²) in [6.45, 7) is 5.65. The Morgan fingerprint density at radius 3 is 2.56 bits per heavy atom. The standard InChI is InChI=1S/C13H18O3/c1-3-15-8-9-16-10-13(14)12-7-5-4-6-11(12)2/h4-7H,3,8-10H2,1-2H3. The van der Waals surface area contributed by atoms with Gasteiger partial charge in [-0.1, -0.05) is 24.3 Å². The second kappa shape index (κ2) is 7.14. The maximum atomic E-state index is 11.7. The Bertz CT molecular complexity index is 334. The summed E-state index contributed by atoms with van der Waals surface area (Å²) in [7, 11) is 0. The van der Waals surface area contributed by atoms with Crippen molar-refractivity contribution >= 4 is 5.78 Å². The molecule has 1 aromatic rings. The molecule has 0 bridgehead atoms. The van der Waals surface area contributed by atoms with Crippen LogP contribution in [0.4, 0.5) is 0 Å². The van der Waals surface area contributed by atoms with Crippen LogP contribution in [0.1, 0.15) is 22.8 Å². The number of carbonyl (C=O) groups is 1. The Morgan fingerprint density at radius 1 is 1.19 bits per heavy atom. The van der Waals surface area contributed by atoms with Gasteiger partial charge < -0.3 is 9.47 Å². The van der Waals surface area contributed by atoms with E-state index in [9.17, 15) is 4.79 Å². The Morgan fingerprint density at radius 2 is 1.88 bits per heavy atom. The van der Waals surface area contributed by atoms with E-state index in [2.05, 4.69) is 0 Å². The lowest BCUT2D eigenvalue weighted by Crippen LogP contribution is -2.13. The van der Waals surface area contributed by atoms with Gasteiger partial charge in [0, 0.05) is 12.2 Å². The first-order chi connectivity index (χ1) is 7.75. The molecule has 88 valence electrons. The van der Waals surface area contributed by atoms with Crippen molar-refractivity contribution < 1.29 is 14.3 Å². The van der Waals surface area contributed by atoms with Crippen LogP contribution in [0.25, 0.3) is 0 Å². The number of hydrogen-bond donors (Lipinski definition) is 0. The first kappa shape index (κ1) is 12.9. The number of aryl methyl sites for hydroxylation is 1. The largest absolute Gasteiger partial charge is 0.379 e. The predicted molar refractivity (Wildman–Crippen MR) is 62.8 cm³/mol. The summed E-state index contributed by atoms with van der Waals surface area (Å²) in [5.74, 6) is 0.0228. The zero-order valence-electron chi connectivity index (χ0n) is 9.86. The maximum Gasteiger partial charge on any atom is 0.188 e. The summed E-state index contributed by atoms with van der Waals surface area (Å²) in [5.41, 5.74) is 1.72. The first-order valence-electron chi connectivity index (χ1n) is 5.50. The summed E-state index contributed by atoms with van der Waals surface area (Å²) < 4.78 is 10.3. The highest BCUT2D eigenvalue weighted by Gasteiger charge is 2.07. The van der Waals surface area contributed by atoms with Crippen LogP contribution in [0.3, 0.4) is 0 Å². The van der Waals surface area contributed by atoms with Crippen LogP contribution in [0.15, 0.2) is 24.3 Å². The minimum atomic E-state index is 0.0228. The van der Waals surface area contributed by atoms with Crippen molar-refractivity contribution in [2.75, 3.05) is 26.4 Å². The number of ketones is 1. The van der Waals surface area contributed by atoms with Crippen LogP contribution in [0.2, 0.25) is 0 Å². The van der Waals surface area contributed by atoms with Gasteiger partial charge in [-0.3, -0.25) is 4.79 Å². The van der Waals surface area contributed by atoms with Crippen molar-refractivity contribution in [3.05, 3.63) is 35.4 Å². The van der Waals surface area contributed by atoms with Crippen molar-refractivity contribution in [2.24, 2.45) is 0 Å². The van der Waals surface area contributed by atoms with Crippen LogP contribution in [0.5, 0.6) is 0 Å². The van der Waals surface area contributed by atoms with Gasteiger partial charge >= 0.3 is 0 Å². The Balaban J connectivity index is 2.33. The van der Waals surface area contributed by atoms with Gasteiger partial charge in [-0.15, -0.1) is 0 Å². The van der Waals surface area contributed by atoms with E-state index in [1.807, 2.05) is 38.1 Å². The highest BCUT2D eigenvalue weighted by Crippen LogP contribution is 2.07. The molecule has 0 fully saturated rings. The van der Waals surface area contributed by atoms with E-state index >= 15 is 0 Å². The molecule has 0 saturated carbocycles. The van der Waals surface area contributed by atoms with Gasteiger partial charge in [0.25, 0.3) is 0 Å². The zero-order chi connectivity index (χ0) is 11.8. The molecule has 0 saturated heterocycles. The highest BCUT2D eigenvalue weighted by molar-refractivity contribution is 5.98. The molecule has 0 atom stereocenters. The minimum absolute atomic E-state index is 0.0228. The monoisotopic (exact) mass is 222 g/mol. The smallest absolute Gasteiger partial charge is 0.188 e. The van der Waals surface area contributed by atoms with Crippen molar-refractivity contribution in [2.45, 2.75) is 13.8 Å². The number of benzene rings is 1. The second-order valence-corrected chi connectivity index (χ2v) is 3.49. The number of Topliss-reactive ketones (excluding diaryl/α,β-unsaturated/α-hetero) is 1. The third-order valence-corrected chi connectivity index (χ3v) is 2.25. The molecule has 0 unspecified atom stereocenters. The van der Waals surface area contributed by atoms with Crippen molar-refractivity contribution in [3.8, 4) is 0 Å². The van der Waals surface area contributed by atoms with E-state index < -0.39 is 0 Å². The summed E-state index contributed by atoms with van der Waals surface area (Å²) in [6.07, 6.45) is 0. The van der Waals surface area contributed by atoms with Crippen LogP contribution in [-0.2, 0) is 9.47 Å². The van der Waals surface area contributed by atoms with Gasteiger partial charge in [0.05, 0.1) is 13.2 Å². The molecule has 16 heavy (non-hydrogen) atoms. The lowest BCUT2D eigenvalue weighted by atomic mass is 10.1. The van der Waals surface area contributed by atoms with Crippen LogP contribution < -0.4 is 0 Å². The van der Waals surface area contributed by atoms with Crippen LogP contribution >= 0.6 is 0 Å². The first-order valence-corrected chi connectivity index (χ1v) is 5.50. The van der Waals surface area contributed by atoms with Crippen molar-refractivity contribution in [1.82, 2.24) is 0 Å². The molecule has 1 rings (SSSR count). The van der Waals surface area contributed by atoms with Crippen molar-refractivity contribution in [3.63, 3.8) is 0 Å². The number of ether oxygens (including phenoxy) is 2. The fourth-order valence-corrected chi connectivity index (χ4v) is 1.39. The maximum absolute atomic E-state index is 11.7. The predicted octanol–water partition coefficient (Wildman–Crippen LogP) is 2.23. The van der Waals surface area contributed by atoms with Crippen LogP contribution in [-0.4, -0.2) is 32.2 Å². The third-order valence-electron chi connectivity index (χ3n) is 2.25. The third kappa shape index (κ3) is 4.13. The van der Waals surface area contributed by atoms with Gasteiger partial charge in [0.1, 0.15) is 6.61 Å². The molecule has 3 nitrogen and oxygen atoms in total. The molecular weight excluding hydrogens is 204 g/mol. The molecule has 0 aliphatic rings. The van der Waals surface area contributed by atoms with E-state index in [1.165, 1.54) is 0 Å². The average Bonchev–Trinajstić information content (AvgIpc) is 2.29. The zero-order valence-corrected chi connectivity index (χ0v) is 9.86. The lowest BCUT2D eigenvalue weighted by molar-refractivity contribution is 0.0474. The number of carbonyl (C=O) groups excluding carboxylic acids is 1. The van der Waals surface area contributed by atoms with E-state index in [0.717, 1.165) is 11.1 Å². The quantitative estimate of drug-likeness (QED) is 0.524. The highest BCUT2D eigenvalue weighted by atomic mass is 16.5. The molecule has 0 radical (unpaired) electrons. The van der Waals surface area contributed by atoms with Gasteiger partial charge in [0.2, 0.25) is 0 Å². The summed E-state index contributed by atoms with van der Waals surface area (Å²) in [4.78, 5) is 11.7. The number of hydrogen-bond acceptors (Lipinski definition) is 3. The molecule has 0 spiro atoms. The van der Waals surface area contributed by atoms with Gasteiger partial charge in [-0.05, 0) is 19.4 Å². The van der Waals surface area contributed by atoms with E-state index in [1.54, 1.807) is 0 Å². The average molecular weight is 222 g/mol. The molecule has 0 aliphatic heterocycles. The van der Waals surface area contributed by atoms with Crippen molar-refractivity contribution in [1.29, 1.82) is 0 Å². The van der Waals surface area contributed by atoms with Gasteiger partial charge in [-0.2, -0.15) is 0 Å². The fourth-order valence-electron chi connectivity index (χ4n) is 1.39. The molecule has 0 aromatic heterocycles. The molecule has 0 heterocycles. The number of rotatable bonds is 7. The Hall–Kier alpha value is -1.19. The summed E-state index contributed by atoms with van der Waals surface area (Å²) >= 11 is 0. The molecule has 0 aliphatic carbocycles. The molecule has 0 amide bonds. The Kier molecular flexibility index (Phi) is 5.75. The minimum Gasteiger partial charge on any atom is -0.379 e. The lowest BCUT2D eigenvalue weighted by Gasteiger charge is -2.05. The van der Waals surface area contributed by atoms with Gasteiger partial charge in [-0.25, -0.2) is 0 Å². The van der Waals surface area contributed by atoms with Crippen LogP contribution in [0, 0.1) is 6.92 Å². The van der Waals surface area contributed by atoms with E-state index in [-0.39, 0.29) is 12.4 Å². The molecular formula is C13H18O3. The topological polar surface area (TPSA) is 35.5 Å². The molecule has 1 aromatic carbocycles. The van der Waals surface area contributed by atoms with Gasteiger partial charge in [0.15, 0.2) is 5.78 Å². The summed E-state index contributed by atoms with van der Waals surface area (Å²) in [6, 6.07) is 7.53. The molecule has 0 N–H and O–H groups in total. The van der Waals surface area contributed by atoms with E-state index in [0.29, 0.717) is 19.8 Å². The normalized spacial score (nSPS) is 10.4. The fraction of sp³-hybridized carbons (Fsp3) is 0.462. The molecule has 3 heteroatoms. The SMILES string of the molecule is CCOCCOCC(=O)c1ccccc1C. The Labute approximate surface area is 96.4 Å². The summed E-state index contributed by atoms with van der Waals surface area (Å²) in [5, 5.41) is 0.